The van der Waals surface area contributed by atoms with E-state index in [1.807, 2.05) is 6.08 Å². The molecule has 0 bridgehead atoms. The summed E-state index contributed by atoms with van der Waals surface area (Å²) in [6.07, 6.45) is 14.9. The van der Waals surface area contributed by atoms with Crippen molar-refractivity contribution in [3.05, 3.63) is 24.8 Å². The molecule has 130 valence electrons. The van der Waals surface area contributed by atoms with E-state index in [0.29, 0.717) is 6.79 Å². The lowest BCUT2D eigenvalue weighted by molar-refractivity contribution is -0.0740. The van der Waals surface area contributed by atoms with Gasteiger partial charge in [-0.25, -0.2) is 0 Å². The molecule has 0 aliphatic rings. The molecule has 2 nitrogen and oxygen atoms in total. The first kappa shape index (κ1) is 21.6. The van der Waals surface area contributed by atoms with Gasteiger partial charge in [-0.1, -0.05) is 70.5 Å². The summed E-state index contributed by atoms with van der Waals surface area (Å²) in [5.41, 5.74) is 0. The highest BCUT2D eigenvalue weighted by atomic mass is 28.3. The molecule has 0 radical (unpaired) electrons. The first-order chi connectivity index (χ1) is 10.5. The second-order valence-corrected chi connectivity index (χ2v) is 12.8. The Kier molecular flexibility index (Phi) is 14.0. The third-order valence-electron chi connectivity index (χ3n) is 3.59. The summed E-state index contributed by atoms with van der Waals surface area (Å²) in [6, 6.07) is 1.20. The fourth-order valence-corrected chi connectivity index (χ4v) is 2.80. The van der Waals surface area contributed by atoms with E-state index < -0.39 is 8.07 Å². The van der Waals surface area contributed by atoms with Gasteiger partial charge in [0.1, 0.15) is 6.79 Å². The summed E-state index contributed by atoms with van der Waals surface area (Å²) >= 11 is 0. The molecule has 0 aliphatic carbocycles. The summed E-state index contributed by atoms with van der Waals surface area (Å²) in [6.45, 7) is 14.4. The predicted molar refractivity (Wildman–Crippen MR) is 101 cm³/mol. The van der Waals surface area contributed by atoms with Crippen molar-refractivity contribution in [2.75, 3.05) is 13.4 Å². The molecular weight excluding hydrogens is 288 g/mol. The van der Waals surface area contributed by atoms with Gasteiger partial charge in [0.05, 0.1) is 6.10 Å². The van der Waals surface area contributed by atoms with Crippen molar-refractivity contribution in [3.8, 4) is 0 Å². The zero-order valence-electron chi connectivity index (χ0n) is 15.4. The largest absolute Gasteiger partial charge is 0.356 e. The molecule has 0 spiro atoms. The lowest BCUT2D eigenvalue weighted by Crippen LogP contribution is -2.22. The molecule has 0 N–H and O–H groups in total. The first-order valence-corrected chi connectivity index (χ1v) is 12.7. The van der Waals surface area contributed by atoms with E-state index in [0.717, 1.165) is 25.9 Å². The molecule has 1 atom stereocenters. The van der Waals surface area contributed by atoms with Gasteiger partial charge in [0.15, 0.2) is 0 Å². The van der Waals surface area contributed by atoms with Gasteiger partial charge in [-0.05, 0) is 25.3 Å². The lowest BCUT2D eigenvalue weighted by Gasteiger charge is -2.17. The lowest BCUT2D eigenvalue weighted by atomic mass is 10.1. The number of ether oxygens (including phenoxy) is 2. The van der Waals surface area contributed by atoms with E-state index >= 15 is 0 Å². The zero-order chi connectivity index (χ0) is 16.7. The van der Waals surface area contributed by atoms with Crippen molar-refractivity contribution in [2.24, 2.45) is 0 Å². The van der Waals surface area contributed by atoms with Crippen molar-refractivity contribution >= 4 is 8.07 Å². The minimum Gasteiger partial charge on any atom is -0.356 e. The highest BCUT2D eigenvalue weighted by Gasteiger charge is 2.12. The summed E-state index contributed by atoms with van der Waals surface area (Å²) in [7, 11) is -0.999. The van der Waals surface area contributed by atoms with Gasteiger partial charge in [-0.2, -0.15) is 0 Å². The third-order valence-corrected chi connectivity index (χ3v) is 5.30. The average molecular weight is 327 g/mol. The minimum absolute atomic E-state index is 0.202. The van der Waals surface area contributed by atoms with E-state index in [1.54, 1.807) is 0 Å². The molecule has 0 saturated heterocycles. The predicted octanol–water partition coefficient (Wildman–Crippen LogP) is 6.18. The van der Waals surface area contributed by atoms with Crippen LogP contribution in [0.15, 0.2) is 24.8 Å². The molecule has 0 aromatic carbocycles. The highest BCUT2D eigenvalue weighted by Crippen LogP contribution is 2.11. The SMILES string of the molecule is C=CCC/C=C/[C@@H](CCCCCC)OCOCC[Si](C)(C)C. The molecule has 0 aromatic heterocycles. The van der Waals surface area contributed by atoms with Gasteiger partial charge in [0.2, 0.25) is 0 Å². The molecule has 0 rings (SSSR count). The second kappa shape index (κ2) is 14.2. The Morgan fingerprint density at radius 2 is 1.86 bits per heavy atom. The van der Waals surface area contributed by atoms with Crippen LogP contribution in [0.3, 0.4) is 0 Å². The van der Waals surface area contributed by atoms with Gasteiger partial charge in [-0.3, -0.25) is 0 Å². The van der Waals surface area contributed by atoms with Crippen molar-refractivity contribution in [1.82, 2.24) is 0 Å². The fourth-order valence-electron chi connectivity index (χ4n) is 2.04. The van der Waals surface area contributed by atoms with Crippen LogP contribution in [-0.2, 0) is 9.47 Å². The van der Waals surface area contributed by atoms with Crippen LogP contribution in [0.25, 0.3) is 0 Å². The topological polar surface area (TPSA) is 18.5 Å². The zero-order valence-corrected chi connectivity index (χ0v) is 16.4. The van der Waals surface area contributed by atoms with Gasteiger partial charge in [0, 0.05) is 14.7 Å². The second-order valence-electron chi connectivity index (χ2n) is 7.19. The number of allylic oxidation sites excluding steroid dienone is 2. The van der Waals surface area contributed by atoms with Crippen LogP contribution < -0.4 is 0 Å². The van der Waals surface area contributed by atoms with Crippen LogP contribution in [0, 0.1) is 0 Å². The Labute approximate surface area is 140 Å². The Balaban J connectivity index is 3.94. The Morgan fingerprint density at radius 1 is 1.09 bits per heavy atom. The maximum absolute atomic E-state index is 5.90. The number of rotatable bonds is 15. The standard InChI is InChI=1S/C19H38O2Si/c1-6-8-10-12-14-19(15-13-11-9-7-2)21-18-20-16-17-22(3,4)5/h6,12,14,19H,1,7-11,13,15-18H2,2-5H3/b14-12+/t19-/m0/s1. The molecule has 0 saturated carbocycles. The third kappa shape index (κ3) is 16.0. The smallest absolute Gasteiger partial charge is 0.147 e. The summed E-state index contributed by atoms with van der Waals surface area (Å²) in [5.74, 6) is 0. The number of unbranched alkanes of at least 4 members (excludes halogenated alkanes) is 4. The molecule has 0 aliphatic heterocycles. The quantitative estimate of drug-likeness (QED) is 0.155. The number of hydrogen-bond donors (Lipinski definition) is 0. The maximum atomic E-state index is 5.90. The molecule has 0 heterocycles. The fraction of sp³-hybridized carbons (Fsp3) is 0.789. The van der Waals surface area contributed by atoms with Crippen LogP contribution in [0.2, 0.25) is 25.7 Å². The van der Waals surface area contributed by atoms with E-state index in [9.17, 15) is 0 Å². The number of hydrogen-bond acceptors (Lipinski definition) is 2. The monoisotopic (exact) mass is 326 g/mol. The van der Waals surface area contributed by atoms with Gasteiger partial charge >= 0.3 is 0 Å². The molecule has 0 amide bonds. The normalized spacial score (nSPS) is 13.6. The van der Waals surface area contributed by atoms with Crippen molar-refractivity contribution in [1.29, 1.82) is 0 Å². The van der Waals surface area contributed by atoms with E-state index in [4.69, 9.17) is 9.47 Å². The molecular formula is C19H38O2Si. The average Bonchev–Trinajstić information content (AvgIpc) is 2.45. The van der Waals surface area contributed by atoms with Crippen LogP contribution in [0.5, 0.6) is 0 Å². The van der Waals surface area contributed by atoms with E-state index in [1.165, 1.54) is 31.7 Å². The van der Waals surface area contributed by atoms with Crippen LogP contribution >= 0.6 is 0 Å². The van der Waals surface area contributed by atoms with Gasteiger partial charge in [0.25, 0.3) is 0 Å². The molecule has 0 unspecified atom stereocenters. The van der Waals surface area contributed by atoms with Crippen LogP contribution in [0.4, 0.5) is 0 Å². The van der Waals surface area contributed by atoms with Crippen LogP contribution in [0.1, 0.15) is 51.9 Å². The van der Waals surface area contributed by atoms with E-state index in [-0.39, 0.29) is 6.10 Å². The minimum atomic E-state index is -0.999. The van der Waals surface area contributed by atoms with Crippen LogP contribution in [-0.4, -0.2) is 27.6 Å². The van der Waals surface area contributed by atoms with Crippen molar-refractivity contribution < 1.29 is 9.47 Å². The van der Waals surface area contributed by atoms with E-state index in [2.05, 4.69) is 45.3 Å². The van der Waals surface area contributed by atoms with Gasteiger partial charge in [-0.15, -0.1) is 6.58 Å². The molecule has 3 heteroatoms. The maximum Gasteiger partial charge on any atom is 0.147 e. The first-order valence-electron chi connectivity index (χ1n) is 8.96. The Bertz CT molecular complexity index is 282. The summed E-state index contributed by atoms with van der Waals surface area (Å²) in [5, 5.41) is 0. The summed E-state index contributed by atoms with van der Waals surface area (Å²) in [4.78, 5) is 0. The summed E-state index contributed by atoms with van der Waals surface area (Å²) < 4.78 is 11.6. The molecule has 22 heavy (non-hydrogen) atoms. The molecule has 0 fully saturated rings. The van der Waals surface area contributed by atoms with Crippen molar-refractivity contribution in [2.45, 2.75) is 83.7 Å². The Morgan fingerprint density at radius 3 is 2.50 bits per heavy atom. The highest BCUT2D eigenvalue weighted by molar-refractivity contribution is 6.76. The van der Waals surface area contributed by atoms with Crippen molar-refractivity contribution in [3.63, 3.8) is 0 Å². The molecule has 0 aromatic rings. The van der Waals surface area contributed by atoms with Gasteiger partial charge < -0.3 is 9.47 Å². The Hall–Kier alpha value is -0.383.